The van der Waals surface area contributed by atoms with Gasteiger partial charge in [0.15, 0.2) is 0 Å². The molecule has 0 spiro atoms. The zero-order chi connectivity index (χ0) is 27.9. The van der Waals surface area contributed by atoms with E-state index in [2.05, 4.69) is 21.2 Å². The number of halogens is 3. The number of hydrogen-bond acceptors (Lipinski definition) is 6. The van der Waals surface area contributed by atoms with E-state index in [9.17, 15) is 18.0 Å². The van der Waals surface area contributed by atoms with Crippen LogP contribution in [-0.2, 0) is 10.9 Å². The van der Waals surface area contributed by atoms with Crippen molar-refractivity contribution in [3.63, 3.8) is 0 Å². The number of alkyl halides is 3. The molecule has 206 valence electrons. The van der Waals surface area contributed by atoms with E-state index < -0.39 is 23.3 Å². The number of hydrogen-bond donors (Lipinski definition) is 1. The van der Waals surface area contributed by atoms with E-state index in [1.165, 1.54) is 12.1 Å². The highest BCUT2D eigenvalue weighted by Gasteiger charge is 2.41. The summed E-state index contributed by atoms with van der Waals surface area (Å²) in [5.41, 5.74) is 0.419. The molecule has 4 rings (SSSR count). The van der Waals surface area contributed by atoms with Crippen molar-refractivity contribution in [3.8, 4) is 18.2 Å². The highest BCUT2D eigenvalue weighted by Crippen LogP contribution is 2.35. The van der Waals surface area contributed by atoms with E-state index in [-0.39, 0.29) is 5.56 Å². The highest BCUT2D eigenvalue weighted by atomic mass is 19.4. The average Bonchev–Trinajstić information content (AvgIpc) is 2.94. The summed E-state index contributed by atoms with van der Waals surface area (Å²) in [7, 11) is 0. The number of nitrogens with one attached hydrogen (secondary N) is 1. The van der Waals surface area contributed by atoms with Gasteiger partial charge in [0.25, 0.3) is 5.91 Å². The first-order valence-electron chi connectivity index (χ1n) is 12.8. The topological polar surface area (TPSA) is 76.0 Å². The normalized spacial score (nSPS) is 20.0. The molecule has 1 N–H and O–H groups in total. The number of allylic oxidation sites excluding steroid dienone is 1. The summed E-state index contributed by atoms with van der Waals surface area (Å²) in [6, 6.07) is 8.08. The zero-order valence-electron chi connectivity index (χ0n) is 21.8. The zero-order valence-corrected chi connectivity index (χ0v) is 21.8. The number of rotatable bonds is 9. The molecule has 7 nitrogen and oxygen atoms in total. The molecule has 0 bridgehead atoms. The van der Waals surface area contributed by atoms with Gasteiger partial charge in [-0.05, 0) is 55.2 Å². The van der Waals surface area contributed by atoms with Crippen LogP contribution in [0.5, 0.6) is 5.88 Å². The lowest BCUT2D eigenvalue weighted by molar-refractivity contribution is -0.137. The molecule has 2 aliphatic rings. The Kier molecular flexibility index (Phi) is 9.04. The van der Waals surface area contributed by atoms with Crippen molar-refractivity contribution in [2.75, 3.05) is 32.9 Å². The van der Waals surface area contributed by atoms with Crippen molar-refractivity contribution in [3.05, 3.63) is 65.0 Å². The Morgan fingerprint density at radius 1 is 1.23 bits per heavy atom. The number of aromatic nitrogens is 1. The number of terminal acetylenes is 1. The van der Waals surface area contributed by atoms with Gasteiger partial charge in [0.2, 0.25) is 5.88 Å². The highest BCUT2D eigenvalue weighted by molar-refractivity contribution is 5.98. The van der Waals surface area contributed by atoms with Gasteiger partial charge in [0.1, 0.15) is 5.66 Å². The van der Waals surface area contributed by atoms with Crippen LogP contribution in [0.4, 0.5) is 13.2 Å². The van der Waals surface area contributed by atoms with Crippen LogP contribution in [0, 0.1) is 12.3 Å². The second-order valence-corrected chi connectivity index (χ2v) is 9.45. The lowest BCUT2D eigenvalue weighted by atomic mass is 9.90. The molecular formula is C29H31F3N4O3. The van der Waals surface area contributed by atoms with E-state index in [1.807, 2.05) is 17.9 Å². The smallest absolute Gasteiger partial charge is 0.416 e. The van der Waals surface area contributed by atoms with Crippen molar-refractivity contribution in [2.45, 2.75) is 44.4 Å². The monoisotopic (exact) mass is 540 g/mol. The Labute approximate surface area is 226 Å². The summed E-state index contributed by atoms with van der Waals surface area (Å²) >= 11 is 0. The fraction of sp³-hybridized carbons (Fsp3) is 0.414. The number of carbonyl (C=O) groups is 1. The quantitative estimate of drug-likeness (QED) is 0.360. The van der Waals surface area contributed by atoms with E-state index >= 15 is 0 Å². The Bertz CT molecular complexity index is 1260. The molecule has 1 amide bonds. The molecule has 0 aliphatic carbocycles. The van der Waals surface area contributed by atoms with Gasteiger partial charge in [-0.2, -0.15) is 13.2 Å². The number of nitrogens with zero attached hydrogens (tertiary/aromatic N) is 3. The molecule has 10 heteroatoms. The fourth-order valence-corrected chi connectivity index (χ4v) is 4.60. The number of unbranched alkanes of at least 4 members (excludes halogenated alkanes) is 2. The van der Waals surface area contributed by atoms with Gasteiger partial charge < -0.3 is 14.8 Å². The Hall–Kier alpha value is -3.68. The molecule has 1 aromatic carbocycles. The maximum atomic E-state index is 13.3. The van der Waals surface area contributed by atoms with Gasteiger partial charge in [-0.3, -0.25) is 14.7 Å². The summed E-state index contributed by atoms with van der Waals surface area (Å²) in [4.78, 5) is 24.4. The average molecular weight is 541 g/mol. The summed E-state index contributed by atoms with van der Waals surface area (Å²) < 4.78 is 51.1. The van der Waals surface area contributed by atoms with Gasteiger partial charge in [0.05, 0.1) is 25.4 Å². The predicted octanol–water partition coefficient (Wildman–Crippen LogP) is 4.95. The number of pyridine rings is 1. The SMILES string of the molecule is C#CCCCCOc1ccc(C2=C(C)N=CC(NC(=O)c3cccc(C(F)(F)F)c3)(N3CCOCC3)C2)cn1. The number of carbonyl (C=O) groups excluding carboxylic acids is 1. The molecular weight excluding hydrogens is 509 g/mol. The number of ether oxygens (including phenoxy) is 2. The van der Waals surface area contributed by atoms with Crippen LogP contribution >= 0.6 is 0 Å². The summed E-state index contributed by atoms with van der Waals surface area (Å²) in [6.07, 6.45) is 6.87. The first-order chi connectivity index (χ1) is 18.7. The van der Waals surface area contributed by atoms with Gasteiger partial charge in [-0.1, -0.05) is 6.07 Å². The van der Waals surface area contributed by atoms with Crippen LogP contribution < -0.4 is 10.1 Å². The molecule has 2 aromatic rings. The third-order valence-corrected chi connectivity index (χ3v) is 6.76. The summed E-state index contributed by atoms with van der Waals surface area (Å²) in [5, 5.41) is 2.99. The van der Waals surface area contributed by atoms with Crippen molar-refractivity contribution >= 4 is 17.7 Å². The van der Waals surface area contributed by atoms with Crippen LogP contribution in [-0.4, -0.2) is 60.6 Å². The Balaban J connectivity index is 1.56. The van der Waals surface area contributed by atoms with Gasteiger partial charge in [-0.25, -0.2) is 4.98 Å². The van der Waals surface area contributed by atoms with Crippen molar-refractivity contribution < 1.29 is 27.4 Å². The lowest BCUT2D eigenvalue weighted by Crippen LogP contribution is -2.65. The third-order valence-electron chi connectivity index (χ3n) is 6.76. The van der Waals surface area contributed by atoms with E-state index in [0.717, 1.165) is 41.8 Å². The number of benzene rings is 1. The Morgan fingerprint density at radius 2 is 2.03 bits per heavy atom. The van der Waals surface area contributed by atoms with Crippen LogP contribution in [0.2, 0.25) is 0 Å². The van der Waals surface area contributed by atoms with Crippen LogP contribution in [0.25, 0.3) is 5.57 Å². The maximum absolute atomic E-state index is 13.3. The molecule has 0 saturated carbocycles. The minimum absolute atomic E-state index is 0.0795. The van der Waals surface area contributed by atoms with Crippen molar-refractivity contribution in [1.29, 1.82) is 0 Å². The van der Waals surface area contributed by atoms with Crippen LogP contribution in [0.15, 0.2) is 53.3 Å². The van der Waals surface area contributed by atoms with E-state index in [4.69, 9.17) is 15.9 Å². The van der Waals surface area contributed by atoms with E-state index in [0.29, 0.717) is 51.6 Å². The third kappa shape index (κ3) is 7.05. The second-order valence-electron chi connectivity index (χ2n) is 9.45. The molecule has 1 aromatic heterocycles. The van der Waals surface area contributed by atoms with Crippen LogP contribution in [0.3, 0.4) is 0 Å². The van der Waals surface area contributed by atoms with Gasteiger partial charge in [-0.15, -0.1) is 12.3 Å². The maximum Gasteiger partial charge on any atom is 0.416 e. The number of aliphatic imine (C=N–C) groups is 1. The first kappa shape index (κ1) is 28.3. The number of amides is 1. The molecule has 1 unspecified atom stereocenters. The van der Waals surface area contributed by atoms with Crippen molar-refractivity contribution in [2.24, 2.45) is 4.99 Å². The largest absolute Gasteiger partial charge is 0.478 e. The van der Waals surface area contributed by atoms with Crippen molar-refractivity contribution in [1.82, 2.24) is 15.2 Å². The fourth-order valence-electron chi connectivity index (χ4n) is 4.60. The molecule has 0 radical (unpaired) electrons. The van der Waals surface area contributed by atoms with Gasteiger partial charge in [0, 0.05) is 55.7 Å². The standard InChI is InChI=1S/C29H31F3N4O3/c1-3-4-5-6-14-39-26-11-10-23(19-33-26)25-18-28(20-34-21(25)2,36-12-15-38-16-13-36)35-27(37)22-8-7-9-24(17-22)29(30,31)32/h1,7-11,17,19-20H,4-6,12-16,18H2,2H3,(H,35,37). The summed E-state index contributed by atoms with van der Waals surface area (Å²) in [5.74, 6) is 2.48. The number of morpholine rings is 1. The Morgan fingerprint density at radius 3 is 2.72 bits per heavy atom. The van der Waals surface area contributed by atoms with Gasteiger partial charge >= 0.3 is 6.18 Å². The molecule has 1 saturated heterocycles. The lowest BCUT2D eigenvalue weighted by Gasteiger charge is -2.45. The predicted molar refractivity (Wildman–Crippen MR) is 142 cm³/mol. The summed E-state index contributed by atoms with van der Waals surface area (Å²) in [6.45, 7) is 4.35. The molecule has 1 atom stereocenters. The molecule has 2 aliphatic heterocycles. The van der Waals surface area contributed by atoms with E-state index in [1.54, 1.807) is 18.5 Å². The minimum Gasteiger partial charge on any atom is -0.478 e. The molecule has 1 fully saturated rings. The minimum atomic E-state index is -4.55. The first-order valence-corrected chi connectivity index (χ1v) is 12.8. The van der Waals surface area contributed by atoms with Crippen LogP contribution in [0.1, 0.15) is 54.1 Å². The molecule has 39 heavy (non-hydrogen) atoms. The second kappa shape index (κ2) is 12.5. The molecule has 3 heterocycles.